The van der Waals surface area contributed by atoms with Crippen LogP contribution < -0.4 is 10.6 Å². The van der Waals surface area contributed by atoms with Crippen molar-refractivity contribution < 1.29 is 23.5 Å². The fourth-order valence-electron chi connectivity index (χ4n) is 2.98. The molecule has 0 spiro atoms. The Hall–Kier alpha value is -2.74. The summed E-state index contributed by atoms with van der Waals surface area (Å²) >= 11 is 1.37. The molecular weight excluding hydrogens is 371 g/mol. The third-order valence-electron chi connectivity index (χ3n) is 4.15. The number of nitrogens with one attached hydrogen (secondary N) is 2. The van der Waals surface area contributed by atoms with Crippen molar-refractivity contribution in [3.05, 3.63) is 46.1 Å². The summed E-state index contributed by atoms with van der Waals surface area (Å²) in [7, 11) is 0. The van der Waals surface area contributed by atoms with Crippen LogP contribution >= 0.6 is 11.3 Å². The maximum atomic E-state index is 13.6. The highest BCUT2D eigenvalue weighted by atomic mass is 32.1. The largest absolute Gasteiger partial charge is 0.452 e. The molecule has 27 heavy (non-hydrogen) atoms. The molecule has 0 unspecified atom stereocenters. The minimum absolute atomic E-state index is 0.0189. The third-order valence-corrected chi connectivity index (χ3v) is 5.35. The van der Waals surface area contributed by atoms with Crippen molar-refractivity contribution >= 4 is 39.8 Å². The van der Waals surface area contributed by atoms with Gasteiger partial charge in [-0.2, -0.15) is 0 Å². The summed E-state index contributed by atoms with van der Waals surface area (Å²) in [5.41, 5.74) is 1.23. The van der Waals surface area contributed by atoms with Gasteiger partial charge >= 0.3 is 5.97 Å². The van der Waals surface area contributed by atoms with Crippen LogP contribution in [0.1, 0.15) is 40.6 Å². The number of benzene rings is 1. The van der Waals surface area contributed by atoms with E-state index >= 15 is 0 Å². The summed E-state index contributed by atoms with van der Waals surface area (Å²) < 4.78 is 18.7. The Morgan fingerprint density at radius 2 is 1.89 bits per heavy atom. The second-order valence-corrected chi connectivity index (χ2v) is 7.31. The number of amides is 2. The molecule has 142 valence electrons. The second-order valence-electron chi connectivity index (χ2n) is 6.20. The van der Waals surface area contributed by atoms with Gasteiger partial charge in [0.2, 0.25) is 5.91 Å². The summed E-state index contributed by atoms with van der Waals surface area (Å²) in [6, 6.07) is 5.73. The summed E-state index contributed by atoms with van der Waals surface area (Å²) in [6.07, 6.45) is 3.58. The molecule has 1 heterocycles. The lowest BCUT2D eigenvalue weighted by Crippen LogP contribution is -2.22. The van der Waals surface area contributed by atoms with Crippen molar-refractivity contribution in [2.45, 2.75) is 32.6 Å². The SMILES string of the molecule is CC(=O)Nc1sc2c(c1C(=O)OCC(=O)Nc1ccccc1F)CCCC2. The summed E-state index contributed by atoms with van der Waals surface area (Å²) in [5.74, 6) is -2.16. The number of rotatable bonds is 5. The van der Waals surface area contributed by atoms with E-state index in [4.69, 9.17) is 4.74 Å². The van der Waals surface area contributed by atoms with E-state index in [1.165, 1.54) is 36.5 Å². The highest BCUT2D eigenvalue weighted by Gasteiger charge is 2.27. The van der Waals surface area contributed by atoms with Gasteiger partial charge in [-0.25, -0.2) is 9.18 Å². The number of ether oxygens (including phenoxy) is 1. The van der Waals surface area contributed by atoms with Crippen molar-refractivity contribution in [3.63, 3.8) is 0 Å². The van der Waals surface area contributed by atoms with Crippen LogP contribution in [0.5, 0.6) is 0 Å². The zero-order chi connectivity index (χ0) is 19.4. The number of hydrogen-bond donors (Lipinski definition) is 2. The fraction of sp³-hybridized carbons (Fsp3) is 0.316. The fourth-order valence-corrected chi connectivity index (χ4v) is 4.31. The van der Waals surface area contributed by atoms with Gasteiger partial charge in [0.25, 0.3) is 5.91 Å². The molecule has 1 aliphatic carbocycles. The first-order valence-electron chi connectivity index (χ1n) is 8.59. The number of thiophene rings is 1. The van der Waals surface area contributed by atoms with Crippen LogP contribution in [-0.2, 0) is 27.2 Å². The minimum atomic E-state index is -0.665. The first-order chi connectivity index (χ1) is 13.0. The average molecular weight is 390 g/mol. The molecule has 1 aromatic carbocycles. The molecule has 8 heteroatoms. The quantitative estimate of drug-likeness (QED) is 0.765. The zero-order valence-corrected chi connectivity index (χ0v) is 15.6. The van der Waals surface area contributed by atoms with Gasteiger partial charge in [-0.1, -0.05) is 12.1 Å². The van der Waals surface area contributed by atoms with Crippen LogP contribution in [0, 0.1) is 5.82 Å². The van der Waals surface area contributed by atoms with Crippen LogP contribution in [0.15, 0.2) is 24.3 Å². The van der Waals surface area contributed by atoms with Crippen molar-refractivity contribution in [1.29, 1.82) is 0 Å². The van der Waals surface area contributed by atoms with E-state index in [-0.39, 0.29) is 11.6 Å². The van der Waals surface area contributed by atoms with Gasteiger partial charge in [0.15, 0.2) is 6.61 Å². The molecule has 6 nitrogen and oxygen atoms in total. The number of anilines is 2. The average Bonchev–Trinajstić information content (AvgIpc) is 2.98. The van der Waals surface area contributed by atoms with E-state index in [2.05, 4.69) is 10.6 Å². The zero-order valence-electron chi connectivity index (χ0n) is 14.8. The number of fused-ring (bicyclic) bond motifs is 1. The lowest BCUT2D eigenvalue weighted by molar-refractivity contribution is -0.119. The molecule has 2 N–H and O–H groups in total. The van der Waals surface area contributed by atoms with E-state index in [1.54, 1.807) is 6.07 Å². The summed E-state index contributed by atoms with van der Waals surface area (Å²) in [6.45, 7) is 0.826. The van der Waals surface area contributed by atoms with Crippen molar-refractivity contribution in [2.75, 3.05) is 17.2 Å². The standard InChI is InChI=1S/C19H19FN2O4S/c1-11(23)21-18-17(12-6-2-5-9-15(12)27-18)19(25)26-10-16(24)22-14-8-4-3-7-13(14)20/h3-4,7-8H,2,5-6,9-10H2,1H3,(H,21,23)(H,22,24). The maximum Gasteiger partial charge on any atom is 0.341 e. The predicted molar refractivity (Wildman–Crippen MR) is 101 cm³/mol. The number of esters is 1. The molecule has 3 rings (SSSR count). The monoisotopic (exact) mass is 390 g/mol. The lowest BCUT2D eigenvalue weighted by Gasteiger charge is -2.13. The molecule has 0 saturated heterocycles. The Morgan fingerprint density at radius 1 is 1.15 bits per heavy atom. The van der Waals surface area contributed by atoms with E-state index < -0.39 is 24.3 Å². The van der Waals surface area contributed by atoms with Gasteiger partial charge in [-0.05, 0) is 43.4 Å². The van der Waals surface area contributed by atoms with Crippen molar-refractivity contribution in [1.82, 2.24) is 0 Å². The predicted octanol–water partition coefficient (Wildman–Crippen LogP) is 3.52. The molecule has 2 aromatic rings. The van der Waals surface area contributed by atoms with Gasteiger partial charge in [0.05, 0.1) is 11.3 Å². The number of para-hydroxylation sites is 1. The Kier molecular flexibility index (Phi) is 5.85. The Morgan fingerprint density at radius 3 is 2.63 bits per heavy atom. The molecular formula is C19H19FN2O4S. The molecule has 0 aliphatic heterocycles. The van der Waals surface area contributed by atoms with Crippen LogP contribution in [0.25, 0.3) is 0 Å². The van der Waals surface area contributed by atoms with Crippen LogP contribution in [0.2, 0.25) is 0 Å². The molecule has 0 radical (unpaired) electrons. The normalized spacial score (nSPS) is 12.8. The smallest absolute Gasteiger partial charge is 0.341 e. The molecule has 0 bridgehead atoms. The Bertz CT molecular complexity index is 894. The summed E-state index contributed by atoms with van der Waals surface area (Å²) in [4.78, 5) is 37.1. The summed E-state index contributed by atoms with van der Waals surface area (Å²) in [5, 5.41) is 5.49. The van der Waals surface area contributed by atoms with Crippen LogP contribution in [0.3, 0.4) is 0 Å². The van der Waals surface area contributed by atoms with Gasteiger partial charge < -0.3 is 15.4 Å². The van der Waals surface area contributed by atoms with Gasteiger partial charge in [-0.3, -0.25) is 9.59 Å². The number of carbonyl (C=O) groups excluding carboxylic acids is 3. The Labute approximate surface area is 159 Å². The molecule has 2 amide bonds. The number of halogens is 1. The maximum absolute atomic E-state index is 13.6. The number of aryl methyl sites for hydroxylation is 1. The first kappa shape index (κ1) is 19.0. The van der Waals surface area contributed by atoms with Gasteiger partial charge in [0, 0.05) is 11.8 Å². The molecule has 0 atom stereocenters. The third kappa shape index (κ3) is 4.51. The van der Waals surface area contributed by atoms with E-state index in [0.717, 1.165) is 36.1 Å². The molecule has 0 fully saturated rings. The minimum Gasteiger partial charge on any atom is -0.452 e. The Balaban J connectivity index is 1.70. The molecule has 1 aromatic heterocycles. The van der Waals surface area contributed by atoms with Crippen LogP contribution in [-0.4, -0.2) is 24.4 Å². The number of hydrogen-bond acceptors (Lipinski definition) is 5. The number of carbonyl (C=O) groups is 3. The molecule has 0 saturated carbocycles. The highest BCUT2D eigenvalue weighted by Crippen LogP contribution is 2.38. The van der Waals surface area contributed by atoms with Crippen molar-refractivity contribution in [2.24, 2.45) is 0 Å². The van der Waals surface area contributed by atoms with Crippen LogP contribution in [0.4, 0.5) is 15.1 Å². The van der Waals surface area contributed by atoms with E-state index in [0.29, 0.717) is 10.6 Å². The topological polar surface area (TPSA) is 84.5 Å². The van der Waals surface area contributed by atoms with E-state index in [9.17, 15) is 18.8 Å². The van der Waals surface area contributed by atoms with E-state index in [1.807, 2.05) is 0 Å². The first-order valence-corrected chi connectivity index (χ1v) is 9.41. The van der Waals surface area contributed by atoms with Gasteiger partial charge in [0.1, 0.15) is 10.8 Å². The second kappa shape index (κ2) is 8.30. The lowest BCUT2D eigenvalue weighted by atomic mass is 9.95. The molecule has 1 aliphatic rings. The van der Waals surface area contributed by atoms with Gasteiger partial charge in [-0.15, -0.1) is 11.3 Å². The highest BCUT2D eigenvalue weighted by molar-refractivity contribution is 7.17. The van der Waals surface area contributed by atoms with Crippen molar-refractivity contribution in [3.8, 4) is 0 Å².